The van der Waals surface area contributed by atoms with Crippen LogP contribution in [0.15, 0.2) is 4.52 Å². The first-order valence-corrected chi connectivity index (χ1v) is 5.11. The van der Waals surface area contributed by atoms with Crippen LogP contribution in [0.1, 0.15) is 38.1 Å². The van der Waals surface area contributed by atoms with Gasteiger partial charge in [-0.2, -0.15) is 4.98 Å². The van der Waals surface area contributed by atoms with E-state index >= 15 is 0 Å². The molecule has 1 aliphatic rings. The molecule has 0 bridgehead atoms. The van der Waals surface area contributed by atoms with Crippen LogP contribution in [0, 0.1) is 0 Å². The second kappa shape index (κ2) is 3.96. The van der Waals surface area contributed by atoms with Crippen LogP contribution in [-0.4, -0.2) is 23.2 Å². The Morgan fingerprint density at radius 2 is 2.07 bits per heavy atom. The number of hydrogen-bond acceptors (Lipinski definition) is 5. The van der Waals surface area contributed by atoms with E-state index in [-0.39, 0.29) is 6.04 Å². The maximum Gasteiger partial charge on any atom is 0.266 e. The van der Waals surface area contributed by atoms with Crippen LogP contribution in [0.2, 0.25) is 0 Å². The van der Waals surface area contributed by atoms with Crippen LogP contribution in [-0.2, 0) is 0 Å². The zero-order valence-electron chi connectivity index (χ0n) is 8.44. The summed E-state index contributed by atoms with van der Waals surface area (Å²) < 4.78 is 5.05. The summed E-state index contributed by atoms with van der Waals surface area (Å²) in [7, 11) is 0. The van der Waals surface area contributed by atoms with Crippen LogP contribution in [0.5, 0.6) is 0 Å². The highest BCUT2D eigenvalue weighted by molar-refractivity contribution is 5.28. The topological polar surface area (TPSA) is 68.2 Å². The molecule has 0 aliphatic carbocycles. The van der Waals surface area contributed by atoms with Gasteiger partial charge in [0.05, 0.1) is 6.04 Å². The predicted octanol–water partition coefficient (Wildman–Crippen LogP) is 1.08. The second-order valence-corrected chi connectivity index (χ2v) is 3.77. The van der Waals surface area contributed by atoms with Crippen LogP contribution >= 0.6 is 0 Å². The maximum absolute atomic E-state index is 5.64. The molecule has 2 heterocycles. The molecule has 5 heteroatoms. The van der Waals surface area contributed by atoms with Crippen molar-refractivity contribution in [1.82, 2.24) is 10.1 Å². The smallest absolute Gasteiger partial charge is 0.266 e. The van der Waals surface area contributed by atoms with E-state index in [0.717, 1.165) is 13.1 Å². The van der Waals surface area contributed by atoms with Gasteiger partial charge in [0.15, 0.2) is 0 Å². The Morgan fingerprint density at radius 3 is 2.64 bits per heavy atom. The third-order valence-electron chi connectivity index (χ3n) is 2.46. The summed E-state index contributed by atoms with van der Waals surface area (Å²) in [6.07, 6.45) is 3.72. The zero-order chi connectivity index (χ0) is 9.97. The fourth-order valence-corrected chi connectivity index (χ4v) is 1.63. The molecule has 1 aliphatic heterocycles. The van der Waals surface area contributed by atoms with Gasteiger partial charge >= 0.3 is 0 Å². The lowest BCUT2D eigenvalue weighted by Gasteiger charge is -2.24. The average molecular weight is 196 g/mol. The first kappa shape index (κ1) is 9.45. The molecule has 78 valence electrons. The number of aromatic nitrogens is 2. The van der Waals surface area contributed by atoms with Crippen molar-refractivity contribution in [3.63, 3.8) is 0 Å². The SMILES string of the molecule is C[C@H](N)c1nc(N2CCCCC2)no1. The number of anilines is 1. The summed E-state index contributed by atoms with van der Waals surface area (Å²) in [6, 6.07) is -0.180. The highest BCUT2D eigenvalue weighted by Crippen LogP contribution is 2.17. The minimum absolute atomic E-state index is 0.180. The first-order chi connectivity index (χ1) is 6.77. The van der Waals surface area contributed by atoms with Crippen molar-refractivity contribution < 1.29 is 4.52 Å². The molecule has 1 fully saturated rings. The van der Waals surface area contributed by atoms with Crippen molar-refractivity contribution in [1.29, 1.82) is 0 Å². The summed E-state index contributed by atoms with van der Waals surface area (Å²) in [5.74, 6) is 1.21. The van der Waals surface area contributed by atoms with Gasteiger partial charge in [-0.1, -0.05) is 0 Å². The summed E-state index contributed by atoms with van der Waals surface area (Å²) in [5, 5.41) is 3.92. The van der Waals surface area contributed by atoms with Gasteiger partial charge in [-0.3, -0.25) is 0 Å². The first-order valence-electron chi connectivity index (χ1n) is 5.11. The van der Waals surface area contributed by atoms with Gasteiger partial charge in [0, 0.05) is 13.1 Å². The molecule has 1 atom stereocenters. The van der Waals surface area contributed by atoms with Crippen molar-refractivity contribution in [2.45, 2.75) is 32.2 Å². The summed E-state index contributed by atoms with van der Waals surface area (Å²) in [6.45, 7) is 3.89. The van der Waals surface area contributed by atoms with E-state index in [2.05, 4.69) is 15.0 Å². The minimum atomic E-state index is -0.180. The molecule has 0 radical (unpaired) electrons. The van der Waals surface area contributed by atoms with Crippen molar-refractivity contribution in [3.05, 3.63) is 5.89 Å². The van der Waals surface area contributed by atoms with Gasteiger partial charge in [0.2, 0.25) is 5.89 Å². The lowest BCUT2D eigenvalue weighted by Crippen LogP contribution is -2.30. The molecule has 0 spiro atoms. The maximum atomic E-state index is 5.64. The van der Waals surface area contributed by atoms with E-state index in [4.69, 9.17) is 10.3 Å². The molecule has 1 aromatic heterocycles. The number of piperidine rings is 1. The monoisotopic (exact) mass is 196 g/mol. The zero-order valence-corrected chi connectivity index (χ0v) is 8.44. The Labute approximate surface area is 83.3 Å². The normalized spacial score (nSPS) is 19.7. The number of nitrogens with two attached hydrogens (primary N) is 1. The van der Waals surface area contributed by atoms with E-state index in [1.165, 1.54) is 19.3 Å². The van der Waals surface area contributed by atoms with Crippen LogP contribution in [0.4, 0.5) is 5.95 Å². The molecule has 0 saturated carbocycles. The molecule has 0 aromatic carbocycles. The van der Waals surface area contributed by atoms with Crippen molar-refractivity contribution in [3.8, 4) is 0 Å². The molecule has 0 unspecified atom stereocenters. The predicted molar refractivity (Wildman–Crippen MR) is 53.0 cm³/mol. The number of hydrogen-bond donors (Lipinski definition) is 1. The minimum Gasteiger partial charge on any atom is -0.338 e. The Kier molecular flexibility index (Phi) is 2.67. The van der Waals surface area contributed by atoms with Gasteiger partial charge in [-0.15, -0.1) is 0 Å². The van der Waals surface area contributed by atoms with E-state index in [0.29, 0.717) is 11.8 Å². The molecular formula is C9H16N4O. The summed E-state index contributed by atoms with van der Waals surface area (Å²) in [5.41, 5.74) is 5.64. The van der Waals surface area contributed by atoms with E-state index < -0.39 is 0 Å². The number of rotatable bonds is 2. The standard InChI is InChI=1S/C9H16N4O/c1-7(10)8-11-9(12-14-8)13-5-3-2-4-6-13/h7H,2-6,10H2,1H3/t7-/m0/s1. The van der Waals surface area contributed by atoms with Gasteiger partial charge in [-0.05, 0) is 31.3 Å². The van der Waals surface area contributed by atoms with E-state index in [1.54, 1.807) is 0 Å². The molecule has 14 heavy (non-hydrogen) atoms. The molecule has 2 N–H and O–H groups in total. The molecule has 1 saturated heterocycles. The summed E-state index contributed by atoms with van der Waals surface area (Å²) in [4.78, 5) is 6.41. The van der Waals surface area contributed by atoms with E-state index in [9.17, 15) is 0 Å². The molecular weight excluding hydrogens is 180 g/mol. The third kappa shape index (κ3) is 1.87. The molecule has 1 aromatic rings. The molecule has 0 amide bonds. The Balaban J connectivity index is 2.07. The fraction of sp³-hybridized carbons (Fsp3) is 0.778. The van der Waals surface area contributed by atoms with Crippen LogP contribution in [0.3, 0.4) is 0 Å². The van der Waals surface area contributed by atoms with E-state index in [1.807, 2.05) is 6.92 Å². The molecule has 5 nitrogen and oxygen atoms in total. The van der Waals surface area contributed by atoms with Crippen molar-refractivity contribution in [2.24, 2.45) is 5.73 Å². The lowest BCUT2D eigenvalue weighted by molar-refractivity contribution is 0.360. The Hall–Kier alpha value is -1.10. The van der Waals surface area contributed by atoms with Gasteiger partial charge in [0.1, 0.15) is 0 Å². The largest absolute Gasteiger partial charge is 0.338 e. The highest BCUT2D eigenvalue weighted by Gasteiger charge is 2.17. The summed E-state index contributed by atoms with van der Waals surface area (Å²) >= 11 is 0. The van der Waals surface area contributed by atoms with Gasteiger partial charge in [0.25, 0.3) is 5.95 Å². The van der Waals surface area contributed by atoms with Gasteiger partial charge < -0.3 is 15.2 Å². The lowest BCUT2D eigenvalue weighted by atomic mass is 10.1. The number of nitrogens with zero attached hydrogens (tertiary/aromatic N) is 3. The van der Waals surface area contributed by atoms with Gasteiger partial charge in [-0.25, -0.2) is 0 Å². The van der Waals surface area contributed by atoms with Crippen molar-refractivity contribution in [2.75, 3.05) is 18.0 Å². The van der Waals surface area contributed by atoms with Crippen LogP contribution in [0.25, 0.3) is 0 Å². The van der Waals surface area contributed by atoms with Crippen molar-refractivity contribution >= 4 is 5.95 Å². The highest BCUT2D eigenvalue weighted by atomic mass is 16.5. The second-order valence-electron chi connectivity index (χ2n) is 3.77. The van der Waals surface area contributed by atoms with Crippen LogP contribution < -0.4 is 10.6 Å². The quantitative estimate of drug-likeness (QED) is 0.766. The average Bonchev–Trinajstić information content (AvgIpc) is 2.68. The fourth-order valence-electron chi connectivity index (χ4n) is 1.63. The Bertz CT molecular complexity index is 291. The Morgan fingerprint density at radius 1 is 1.36 bits per heavy atom. The third-order valence-corrected chi connectivity index (χ3v) is 2.46. The molecule has 2 rings (SSSR count).